The average Bonchev–Trinajstić information content (AvgIpc) is 2.49. The molecule has 2 rings (SSSR count). The van der Waals surface area contributed by atoms with Crippen molar-refractivity contribution in [2.45, 2.75) is 13.8 Å². The van der Waals surface area contributed by atoms with Crippen molar-refractivity contribution < 1.29 is 0 Å². The van der Waals surface area contributed by atoms with Crippen LogP contribution in [0.4, 0.5) is 0 Å². The molecule has 0 aliphatic heterocycles. The van der Waals surface area contributed by atoms with E-state index in [2.05, 4.69) is 76.4 Å². The predicted octanol–water partition coefficient (Wildman–Crippen LogP) is 4.47. The third kappa shape index (κ3) is 5.44. The summed E-state index contributed by atoms with van der Waals surface area (Å²) in [7, 11) is 2.64. The Kier molecular flexibility index (Phi) is 7.32. The Labute approximate surface area is 113 Å². The summed E-state index contributed by atoms with van der Waals surface area (Å²) >= 11 is 0. The Morgan fingerprint density at radius 1 is 0.722 bits per heavy atom. The van der Waals surface area contributed by atoms with Gasteiger partial charge in [-0.2, -0.15) is 0 Å². The largest absolute Gasteiger partial charge is 0.288 e. The monoisotopic (exact) mass is 259 g/mol. The maximum Gasteiger partial charge on any atom is -0.00124 e. The molecule has 18 heavy (non-hydrogen) atoms. The fourth-order valence-electron chi connectivity index (χ4n) is 1.48. The summed E-state index contributed by atoms with van der Waals surface area (Å²) in [6.07, 6.45) is 0. The van der Waals surface area contributed by atoms with Crippen LogP contribution in [-0.2, 0) is 0 Å². The Bertz CT molecular complexity index is 372. The molecule has 0 amide bonds. The van der Waals surface area contributed by atoms with E-state index in [4.69, 9.17) is 0 Å². The summed E-state index contributed by atoms with van der Waals surface area (Å²) in [6, 6.07) is 20.8. The van der Waals surface area contributed by atoms with Crippen molar-refractivity contribution in [3.63, 3.8) is 0 Å². The first-order valence-corrected chi connectivity index (χ1v) is 6.89. The van der Waals surface area contributed by atoms with Gasteiger partial charge in [0.15, 0.2) is 0 Å². The Morgan fingerprint density at radius 3 is 1.28 bits per heavy atom. The normalized spacial score (nSPS) is 9.78. The second kappa shape index (κ2) is 8.85. The van der Waals surface area contributed by atoms with Crippen molar-refractivity contribution in [3.8, 4) is 11.1 Å². The van der Waals surface area contributed by atoms with Crippen LogP contribution in [0.15, 0.2) is 60.7 Å². The fraction of sp³-hybridized carbons (Fsp3) is 0.250. The molecule has 96 valence electrons. The zero-order chi connectivity index (χ0) is 13.2. The highest BCUT2D eigenvalue weighted by Crippen LogP contribution is 2.17. The van der Waals surface area contributed by atoms with Crippen molar-refractivity contribution in [2.75, 3.05) is 13.1 Å². The average molecular weight is 259 g/mol. The molecule has 1 unspecified atom stereocenters. The van der Waals surface area contributed by atoms with E-state index in [1.807, 2.05) is 12.1 Å². The van der Waals surface area contributed by atoms with E-state index >= 15 is 0 Å². The number of hydrogen-bond donors (Lipinski definition) is 0. The fourth-order valence-corrected chi connectivity index (χ4v) is 1.48. The molecule has 0 heterocycles. The van der Waals surface area contributed by atoms with Crippen LogP contribution in [0.2, 0.25) is 0 Å². The number of hydrogen-bond acceptors (Lipinski definition) is 1. The lowest BCUT2D eigenvalue weighted by molar-refractivity contribution is 0.524. The summed E-state index contributed by atoms with van der Waals surface area (Å²) in [5, 5.41) is 0. The molecule has 0 aromatic heterocycles. The van der Waals surface area contributed by atoms with Crippen LogP contribution in [0.1, 0.15) is 13.8 Å². The molecule has 0 aliphatic rings. The van der Waals surface area contributed by atoms with Gasteiger partial charge >= 0.3 is 0 Å². The van der Waals surface area contributed by atoms with Gasteiger partial charge in [0.25, 0.3) is 0 Å². The minimum Gasteiger partial charge on any atom is -0.288 e. The highest BCUT2D eigenvalue weighted by atomic mass is 31.0. The van der Waals surface area contributed by atoms with Crippen LogP contribution in [0.25, 0.3) is 11.1 Å². The van der Waals surface area contributed by atoms with Crippen LogP contribution < -0.4 is 0 Å². The lowest BCUT2D eigenvalue weighted by Crippen LogP contribution is -2.07. The summed E-state index contributed by atoms with van der Waals surface area (Å²) in [4.78, 5) is 0. The van der Waals surface area contributed by atoms with Gasteiger partial charge in [-0.1, -0.05) is 83.9 Å². The lowest BCUT2D eigenvalue weighted by Gasteiger charge is -2.06. The van der Waals surface area contributed by atoms with Crippen molar-refractivity contribution >= 4 is 9.39 Å². The van der Waals surface area contributed by atoms with Crippen molar-refractivity contribution in [1.82, 2.24) is 4.67 Å². The van der Waals surface area contributed by atoms with E-state index in [0.717, 1.165) is 13.1 Å². The molecule has 0 saturated heterocycles. The first kappa shape index (κ1) is 14.9. The molecular formula is C16H22NP. The molecule has 2 heteroatoms. The Morgan fingerprint density at radius 2 is 1.06 bits per heavy atom. The molecule has 0 aliphatic carbocycles. The topological polar surface area (TPSA) is 3.24 Å². The van der Waals surface area contributed by atoms with Gasteiger partial charge in [0.1, 0.15) is 0 Å². The Hall–Kier alpha value is -1.17. The van der Waals surface area contributed by atoms with Crippen molar-refractivity contribution in [3.05, 3.63) is 60.7 Å². The predicted molar refractivity (Wildman–Crippen MR) is 84.5 cm³/mol. The number of benzene rings is 2. The van der Waals surface area contributed by atoms with Gasteiger partial charge in [-0.05, 0) is 24.2 Å². The van der Waals surface area contributed by atoms with Gasteiger partial charge in [-0.25, -0.2) is 0 Å². The number of rotatable bonds is 3. The van der Waals surface area contributed by atoms with Gasteiger partial charge in [0, 0.05) is 0 Å². The maximum absolute atomic E-state index is 2.64. The minimum absolute atomic E-state index is 1.13. The van der Waals surface area contributed by atoms with E-state index < -0.39 is 0 Å². The van der Waals surface area contributed by atoms with Crippen molar-refractivity contribution in [1.29, 1.82) is 0 Å². The molecule has 0 bridgehead atoms. The van der Waals surface area contributed by atoms with Crippen LogP contribution in [0.5, 0.6) is 0 Å². The molecular weight excluding hydrogens is 237 g/mol. The van der Waals surface area contributed by atoms with E-state index in [0.29, 0.717) is 0 Å². The molecule has 2 aromatic rings. The first-order chi connectivity index (χ1) is 8.77. The third-order valence-electron chi connectivity index (χ3n) is 2.69. The standard InChI is InChI=1S/C12H10.C4H12NP/c1-3-7-11(8-4-1)12-9-5-2-6-10-12;1-3-5(6)4-2/h1-10H;3-4,6H2,1-2H3. The maximum atomic E-state index is 2.64. The first-order valence-electron chi connectivity index (χ1n) is 6.38. The SMILES string of the molecule is CCN(P)CC.c1ccc(-c2ccccc2)cc1. The van der Waals surface area contributed by atoms with E-state index in [-0.39, 0.29) is 0 Å². The summed E-state index contributed by atoms with van der Waals surface area (Å²) < 4.78 is 2.17. The summed E-state index contributed by atoms with van der Waals surface area (Å²) in [6.45, 7) is 6.52. The van der Waals surface area contributed by atoms with Gasteiger partial charge in [0.2, 0.25) is 0 Å². The van der Waals surface area contributed by atoms with E-state index in [1.165, 1.54) is 11.1 Å². The third-order valence-corrected chi connectivity index (χ3v) is 3.42. The molecule has 2 aromatic carbocycles. The molecule has 0 N–H and O–H groups in total. The lowest BCUT2D eigenvalue weighted by atomic mass is 10.1. The van der Waals surface area contributed by atoms with E-state index in [1.54, 1.807) is 0 Å². The van der Waals surface area contributed by atoms with Crippen molar-refractivity contribution in [2.24, 2.45) is 0 Å². The quantitative estimate of drug-likeness (QED) is 0.735. The molecule has 0 saturated carbocycles. The second-order valence-corrected chi connectivity index (χ2v) is 4.68. The molecule has 0 fully saturated rings. The Balaban J connectivity index is 0.000000232. The molecule has 1 atom stereocenters. The van der Waals surface area contributed by atoms with Crippen LogP contribution >= 0.6 is 9.39 Å². The summed E-state index contributed by atoms with van der Waals surface area (Å²) in [5.74, 6) is 0. The minimum atomic E-state index is 1.13. The number of nitrogens with zero attached hydrogens (tertiary/aromatic N) is 1. The second-order valence-electron chi connectivity index (χ2n) is 3.95. The van der Waals surface area contributed by atoms with Gasteiger partial charge < -0.3 is 0 Å². The van der Waals surface area contributed by atoms with E-state index in [9.17, 15) is 0 Å². The molecule has 0 radical (unpaired) electrons. The highest BCUT2D eigenvalue weighted by molar-refractivity contribution is 7.13. The van der Waals surface area contributed by atoms with Gasteiger partial charge in [-0.15, -0.1) is 0 Å². The summed E-state index contributed by atoms with van der Waals surface area (Å²) in [5.41, 5.74) is 2.55. The van der Waals surface area contributed by atoms with Gasteiger partial charge in [0.05, 0.1) is 0 Å². The van der Waals surface area contributed by atoms with Crippen LogP contribution in [0, 0.1) is 0 Å². The zero-order valence-electron chi connectivity index (χ0n) is 11.2. The zero-order valence-corrected chi connectivity index (χ0v) is 12.4. The van der Waals surface area contributed by atoms with Gasteiger partial charge in [-0.3, -0.25) is 4.67 Å². The van der Waals surface area contributed by atoms with Crippen LogP contribution in [0.3, 0.4) is 0 Å². The molecule has 0 spiro atoms. The smallest absolute Gasteiger partial charge is 0.00124 e. The molecule has 1 nitrogen and oxygen atoms in total. The van der Waals surface area contributed by atoms with Crippen LogP contribution in [-0.4, -0.2) is 17.8 Å². The highest BCUT2D eigenvalue weighted by Gasteiger charge is 1.91.